The summed E-state index contributed by atoms with van der Waals surface area (Å²) in [6.45, 7) is 0.344. The maximum Gasteiger partial charge on any atom is 0.343 e. The topological polar surface area (TPSA) is 83.6 Å². The normalized spacial score (nSPS) is 11.1. The lowest BCUT2D eigenvalue weighted by Crippen LogP contribution is -2.13. The van der Waals surface area contributed by atoms with Gasteiger partial charge in [0.1, 0.15) is 5.75 Å². The van der Waals surface area contributed by atoms with Gasteiger partial charge in [-0.3, -0.25) is 4.79 Å². The standard InChI is InChI=1S/C27H22N2O4S/c1-32-24(30)16-33-22-14-18(23-11-6-12-34-23)13-21-26(22)25-19(27(28)31)9-5-10-20(25)29(21)15-17-7-3-2-4-8-17/h2-14H,15-16H2,1H3,(H2,28,31). The Morgan fingerprint density at radius 3 is 2.47 bits per heavy atom. The van der Waals surface area contributed by atoms with Crippen molar-refractivity contribution in [2.24, 2.45) is 5.73 Å². The van der Waals surface area contributed by atoms with Crippen molar-refractivity contribution in [1.82, 2.24) is 4.57 Å². The number of thiophene rings is 1. The van der Waals surface area contributed by atoms with E-state index in [0.29, 0.717) is 23.2 Å². The van der Waals surface area contributed by atoms with Crippen LogP contribution in [-0.4, -0.2) is 30.2 Å². The van der Waals surface area contributed by atoms with Crippen LogP contribution in [0.2, 0.25) is 0 Å². The summed E-state index contributed by atoms with van der Waals surface area (Å²) in [6.07, 6.45) is 0. The van der Waals surface area contributed by atoms with E-state index in [-0.39, 0.29) is 6.61 Å². The number of nitrogens with two attached hydrogens (primary N) is 1. The summed E-state index contributed by atoms with van der Waals surface area (Å²) in [5.41, 5.74) is 10.00. The quantitative estimate of drug-likeness (QED) is 0.331. The minimum absolute atomic E-state index is 0.246. The number of fused-ring (bicyclic) bond motifs is 3. The molecule has 0 aliphatic heterocycles. The van der Waals surface area contributed by atoms with Gasteiger partial charge >= 0.3 is 5.97 Å². The van der Waals surface area contributed by atoms with Crippen molar-refractivity contribution in [1.29, 1.82) is 0 Å². The number of nitrogens with zero attached hydrogens (tertiary/aromatic N) is 1. The van der Waals surface area contributed by atoms with E-state index < -0.39 is 11.9 Å². The number of hydrogen-bond acceptors (Lipinski definition) is 5. The van der Waals surface area contributed by atoms with Gasteiger partial charge in [-0.25, -0.2) is 4.79 Å². The van der Waals surface area contributed by atoms with Gasteiger partial charge in [-0.05, 0) is 46.8 Å². The summed E-state index contributed by atoms with van der Waals surface area (Å²) in [7, 11) is 1.32. The zero-order valence-electron chi connectivity index (χ0n) is 18.5. The van der Waals surface area contributed by atoms with Crippen molar-refractivity contribution >= 4 is 45.0 Å². The van der Waals surface area contributed by atoms with Crippen LogP contribution < -0.4 is 10.5 Å². The minimum atomic E-state index is -0.523. The van der Waals surface area contributed by atoms with Crippen LogP contribution >= 0.6 is 11.3 Å². The molecule has 0 fully saturated rings. The molecular weight excluding hydrogens is 448 g/mol. The number of carbonyl (C=O) groups is 2. The number of hydrogen-bond donors (Lipinski definition) is 1. The SMILES string of the molecule is COC(=O)COc1cc(-c2cccs2)cc2c1c1c(C(N)=O)cccc1n2Cc1ccccc1. The Morgan fingerprint density at radius 2 is 1.76 bits per heavy atom. The molecule has 0 radical (unpaired) electrons. The molecule has 34 heavy (non-hydrogen) atoms. The second-order valence-corrected chi connectivity index (χ2v) is 8.79. The van der Waals surface area contributed by atoms with Crippen LogP contribution in [0.25, 0.3) is 32.2 Å². The predicted molar refractivity (Wildman–Crippen MR) is 134 cm³/mol. The van der Waals surface area contributed by atoms with Gasteiger partial charge in [-0.1, -0.05) is 42.5 Å². The lowest BCUT2D eigenvalue weighted by atomic mass is 10.0. The Kier molecular flexibility index (Phi) is 5.77. The van der Waals surface area contributed by atoms with Gasteiger partial charge in [0.2, 0.25) is 5.91 Å². The Balaban J connectivity index is 1.85. The van der Waals surface area contributed by atoms with Gasteiger partial charge < -0.3 is 19.8 Å². The van der Waals surface area contributed by atoms with E-state index in [2.05, 4.69) is 22.8 Å². The van der Waals surface area contributed by atoms with E-state index in [1.165, 1.54) is 7.11 Å². The molecule has 0 unspecified atom stereocenters. The number of methoxy groups -OCH3 is 1. The number of primary amides is 1. The van der Waals surface area contributed by atoms with Gasteiger partial charge in [0.15, 0.2) is 6.61 Å². The average Bonchev–Trinajstić information content (AvgIpc) is 3.50. The fraction of sp³-hybridized carbons (Fsp3) is 0.111. The summed E-state index contributed by atoms with van der Waals surface area (Å²) in [5.74, 6) is -0.514. The zero-order chi connectivity index (χ0) is 23.7. The predicted octanol–water partition coefficient (Wildman–Crippen LogP) is 5.22. The van der Waals surface area contributed by atoms with E-state index in [0.717, 1.165) is 32.4 Å². The van der Waals surface area contributed by atoms with Gasteiger partial charge in [0, 0.05) is 22.4 Å². The van der Waals surface area contributed by atoms with E-state index in [1.807, 2.05) is 53.9 Å². The fourth-order valence-corrected chi connectivity index (χ4v) is 4.97. The summed E-state index contributed by atoms with van der Waals surface area (Å²) < 4.78 is 12.9. The molecule has 2 heterocycles. The Hall–Kier alpha value is -4.10. The molecule has 5 rings (SSSR count). The number of aromatic nitrogens is 1. The average molecular weight is 471 g/mol. The molecule has 2 N–H and O–H groups in total. The highest BCUT2D eigenvalue weighted by atomic mass is 32.1. The monoisotopic (exact) mass is 470 g/mol. The van der Waals surface area contributed by atoms with Gasteiger partial charge in [0.25, 0.3) is 0 Å². The molecule has 2 aromatic heterocycles. The molecule has 6 nitrogen and oxygen atoms in total. The smallest absolute Gasteiger partial charge is 0.343 e. The van der Waals surface area contributed by atoms with E-state index in [4.69, 9.17) is 15.2 Å². The van der Waals surface area contributed by atoms with Crippen LogP contribution in [0.3, 0.4) is 0 Å². The number of carbonyl (C=O) groups excluding carboxylic acids is 2. The van der Waals surface area contributed by atoms with Crippen LogP contribution in [0.4, 0.5) is 0 Å². The molecule has 3 aromatic carbocycles. The highest BCUT2D eigenvalue weighted by molar-refractivity contribution is 7.13. The lowest BCUT2D eigenvalue weighted by molar-refractivity contribution is -0.142. The number of rotatable bonds is 7. The first-order valence-corrected chi connectivity index (χ1v) is 11.6. The lowest BCUT2D eigenvalue weighted by Gasteiger charge is -2.12. The molecule has 0 aliphatic carbocycles. The Bertz CT molecular complexity index is 1500. The van der Waals surface area contributed by atoms with Crippen LogP contribution in [0, 0.1) is 0 Å². The number of esters is 1. The number of benzene rings is 3. The van der Waals surface area contributed by atoms with Crippen LogP contribution in [0.5, 0.6) is 5.75 Å². The third-order valence-corrected chi connectivity index (χ3v) is 6.70. The van der Waals surface area contributed by atoms with E-state index in [1.54, 1.807) is 17.4 Å². The van der Waals surface area contributed by atoms with Crippen molar-refractivity contribution in [2.75, 3.05) is 13.7 Å². The third-order valence-electron chi connectivity index (χ3n) is 5.78. The molecule has 5 aromatic rings. The third kappa shape index (κ3) is 3.91. The van der Waals surface area contributed by atoms with Crippen LogP contribution in [0.15, 0.2) is 78.2 Å². The van der Waals surface area contributed by atoms with E-state index in [9.17, 15) is 9.59 Å². The first-order chi connectivity index (χ1) is 16.6. The second-order valence-electron chi connectivity index (χ2n) is 7.85. The molecule has 0 spiro atoms. The molecule has 0 saturated heterocycles. The molecule has 0 aliphatic rings. The maximum absolute atomic E-state index is 12.4. The highest BCUT2D eigenvalue weighted by Crippen LogP contribution is 2.42. The number of amides is 1. The van der Waals surface area contributed by atoms with Gasteiger partial charge in [0.05, 0.1) is 23.5 Å². The molecule has 7 heteroatoms. The zero-order valence-corrected chi connectivity index (χ0v) is 19.3. The summed E-state index contributed by atoms with van der Waals surface area (Å²) in [5, 5.41) is 3.46. The molecule has 0 bridgehead atoms. The molecular formula is C27H22N2O4S. The van der Waals surface area contributed by atoms with Crippen LogP contribution in [0.1, 0.15) is 15.9 Å². The van der Waals surface area contributed by atoms with Gasteiger partial charge in [-0.2, -0.15) is 0 Å². The van der Waals surface area contributed by atoms with Gasteiger partial charge in [-0.15, -0.1) is 11.3 Å². The molecule has 0 saturated carbocycles. The van der Waals surface area contributed by atoms with Crippen LogP contribution in [-0.2, 0) is 16.1 Å². The van der Waals surface area contributed by atoms with Crippen molar-refractivity contribution < 1.29 is 19.1 Å². The highest BCUT2D eigenvalue weighted by Gasteiger charge is 2.22. The summed E-state index contributed by atoms with van der Waals surface area (Å²) in [4.78, 5) is 25.4. The van der Waals surface area contributed by atoms with E-state index >= 15 is 0 Å². The fourth-order valence-electron chi connectivity index (χ4n) is 4.26. The minimum Gasteiger partial charge on any atom is -0.481 e. The van der Waals surface area contributed by atoms with Crippen molar-refractivity contribution in [3.05, 3.63) is 89.3 Å². The summed E-state index contributed by atoms with van der Waals surface area (Å²) in [6, 6.07) is 23.7. The first kappa shape index (κ1) is 21.7. The summed E-state index contributed by atoms with van der Waals surface area (Å²) >= 11 is 1.62. The first-order valence-electron chi connectivity index (χ1n) is 10.7. The second kappa shape index (κ2) is 9.03. The molecule has 170 valence electrons. The molecule has 0 atom stereocenters. The van der Waals surface area contributed by atoms with Crippen molar-refractivity contribution in [3.63, 3.8) is 0 Å². The largest absolute Gasteiger partial charge is 0.481 e. The maximum atomic E-state index is 12.4. The molecule has 1 amide bonds. The Labute approximate surface area is 200 Å². The van der Waals surface area contributed by atoms with Crippen molar-refractivity contribution in [2.45, 2.75) is 6.54 Å². The van der Waals surface area contributed by atoms with Crippen molar-refractivity contribution in [3.8, 4) is 16.2 Å². The number of ether oxygens (including phenoxy) is 2. The Morgan fingerprint density at radius 1 is 0.941 bits per heavy atom.